The minimum atomic E-state index is 0.0868. The number of carbonyl (C=O) groups excluding carboxylic acids is 1. The van der Waals surface area contributed by atoms with Crippen LogP contribution >= 0.6 is 0 Å². The Hall–Kier alpha value is -1.35. The maximum Gasteiger partial charge on any atom is 0.239 e. The standard InChI is InChI=1S/C14H20N2O/c1-15-10-6-9-13(15)14(17)16(2)11-12-7-4-3-5-8-12/h3-5,7-8,13H,6,9-11H2,1-2H3. The van der Waals surface area contributed by atoms with Gasteiger partial charge >= 0.3 is 0 Å². The van der Waals surface area contributed by atoms with Crippen molar-refractivity contribution in [2.45, 2.75) is 25.4 Å². The average molecular weight is 232 g/mol. The zero-order chi connectivity index (χ0) is 12.3. The Balaban J connectivity index is 1.96. The van der Waals surface area contributed by atoms with Crippen LogP contribution < -0.4 is 0 Å². The van der Waals surface area contributed by atoms with Gasteiger partial charge in [-0.15, -0.1) is 0 Å². The van der Waals surface area contributed by atoms with Crippen molar-refractivity contribution in [2.24, 2.45) is 0 Å². The summed E-state index contributed by atoms with van der Waals surface area (Å²) in [6.07, 6.45) is 2.13. The van der Waals surface area contributed by atoms with E-state index in [9.17, 15) is 4.79 Å². The van der Waals surface area contributed by atoms with E-state index in [0.717, 1.165) is 19.4 Å². The minimum Gasteiger partial charge on any atom is -0.340 e. The summed E-state index contributed by atoms with van der Waals surface area (Å²) in [6.45, 7) is 1.74. The molecule has 3 nitrogen and oxygen atoms in total. The highest BCUT2D eigenvalue weighted by molar-refractivity contribution is 5.81. The fraction of sp³-hybridized carbons (Fsp3) is 0.500. The quantitative estimate of drug-likeness (QED) is 0.792. The van der Waals surface area contributed by atoms with Crippen LogP contribution in [0.1, 0.15) is 18.4 Å². The molecule has 1 unspecified atom stereocenters. The Kier molecular flexibility index (Phi) is 3.79. The van der Waals surface area contributed by atoms with Crippen LogP contribution in [0.3, 0.4) is 0 Å². The number of likely N-dealkylation sites (N-methyl/N-ethyl adjacent to an activating group) is 2. The second-order valence-corrected chi connectivity index (χ2v) is 4.82. The average Bonchev–Trinajstić information content (AvgIpc) is 2.76. The Morgan fingerprint density at radius 1 is 1.41 bits per heavy atom. The summed E-state index contributed by atoms with van der Waals surface area (Å²) in [5.41, 5.74) is 1.18. The SMILES string of the molecule is CN(Cc1ccccc1)C(=O)C1CCCN1C. The van der Waals surface area contributed by atoms with Gasteiger partial charge in [-0.2, -0.15) is 0 Å². The fourth-order valence-corrected chi connectivity index (χ4v) is 2.41. The number of benzene rings is 1. The molecule has 92 valence electrons. The zero-order valence-electron chi connectivity index (χ0n) is 10.6. The molecule has 1 aliphatic rings. The van der Waals surface area contributed by atoms with Crippen molar-refractivity contribution in [3.05, 3.63) is 35.9 Å². The molecular weight excluding hydrogens is 212 g/mol. The minimum absolute atomic E-state index is 0.0868. The number of likely N-dealkylation sites (tertiary alicyclic amines) is 1. The monoisotopic (exact) mass is 232 g/mol. The van der Waals surface area contributed by atoms with E-state index in [1.807, 2.05) is 37.2 Å². The van der Waals surface area contributed by atoms with Gasteiger partial charge in [-0.05, 0) is 32.0 Å². The number of carbonyl (C=O) groups is 1. The summed E-state index contributed by atoms with van der Waals surface area (Å²) in [6, 6.07) is 10.2. The molecule has 1 atom stereocenters. The molecule has 3 heteroatoms. The van der Waals surface area contributed by atoms with Crippen molar-refractivity contribution in [3.8, 4) is 0 Å². The highest BCUT2D eigenvalue weighted by atomic mass is 16.2. The largest absolute Gasteiger partial charge is 0.340 e. The predicted octanol–water partition coefficient (Wildman–Crippen LogP) is 1.74. The Morgan fingerprint density at radius 3 is 2.71 bits per heavy atom. The molecule has 1 fully saturated rings. The van der Waals surface area contributed by atoms with Crippen LogP contribution in [0.5, 0.6) is 0 Å². The molecule has 0 radical (unpaired) electrons. The van der Waals surface area contributed by atoms with Crippen LogP contribution in [0.25, 0.3) is 0 Å². The van der Waals surface area contributed by atoms with Crippen molar-refractivity contribution in [2.75, 3.05) is 20.6 Å². The molecule has 1 amide bonds. The molecule has 0 N–H and O–H groups in total. The topological polar surface area (TPSA) is 23.6 Å². The van der Waals surface area contributed by atoms with Gasteiger partial charge < -0.3 is 4.90 Å². The molecule has 1 aliphatic heterocycles. The van der Waals surface area contributed by atoms with E-state index in [2.05, 4.69) is 17.0 Å². The Morgan fingerprint density at radius 2 is 2.12 bits per heavy atom. The highest BCUT2D eigenvalue weighted by Gasteiger charge is 2.29. The van der Waals surface area contributed by atoms with Crippen LogP contribution in [-0.2, 0) is 11.3 Å². The summed E-state index contributed by atoms with van der Waals surface area (Å²) >= 11 is 0. The van der Waals surface area contributed by atoms with Gasteiger partial charge in [-0.1, -0.05) is 30.3 Å². The number of rotatable bonds is 3. The van der Waals surface area contributed by atoms with Gasteiger partial charge in [0.05, 0.1) is 6.04 Å². The zero-order valence-corrected chi connectivity index (χ0v) is 10.6. The molecule has 1 saturated heterocycles. The summed E-state index contributed by atoms with van der Waals surface area (Å²) < 4.78 is 0. The molecule has 0 bridgehead atoms. The second-order valence-electron chi connectivity index (χ2n) is 4.82. The molecule has 17 heavy (non-hydrogen) atoms. The van der Waals surface area contributed by atoms with E-state index in [4.69, 9.17) is 0 Å². The number of nitrogens with zero attached hydrogens (tertiary/aromatic N) is 2. The van der Waals surface area contributed by atoms with E-state index in [-0.39, 0.29) is 11.9 Å². The van der Waals surface area contributed by atoms with Crippen molar-refractivity contribution >= 4 is 5.91 Å². The first-order chi connectivity index (χ1) is 8.18. The first-order valence-electron chi connectivity index (χ1n) is 6.17. The third kappa shape index (κ3) is 2.86. The van der Waals surface area contributed by atoms with E-state index in [1.165, 1.54) is 5.56 Å². The van der Waals surface area contributed by atoms with E-state index < -0.39 is 0 Å². The van der Waals surface area contributed by atoms with Crippen LogP contribution in [0, 0.1) is 0 Å². The Labute approximate surface area is 103 Å². The Bertz CT molecular complexity index is 377. The summed E-state index contributed by atoms with van der Waals surface area (Å²) in [5, 5.41) is 0. The van der Waals surface area contributed by atoms with Gasteiger partial charge in [-0.3, -0.25) is 9.69 Å². The lowest BCUT2D eigenvalue weighted by molar-refractivity contribution is -0.134. The lowest BCUT2D eigenvalue weighted by atomic mass is 10.1. The lowest BCUT2D eigenvalue weighted by Gasteiger charge is -2.25. The maximum absolute atomic E-state index is 12.2. The number of amides is 1. The van der Waals surface area contributed by atoms with Crippen molar-refractivity contribution < 1.29 is 4.79 Å². The maximum atomic E-state index is 12.2. The van der Waals surface area contributed by atoms with Crippen LogP contribution in [0.2, 0.25) is 0 Å². The molecule has 1 aromatic rings. The van der Waals surface area contributed by atoms with Crippen LogP contribution in [0.15, 0.2) is 30.3 Å². The van der Waals surface area contributed by atoms with E-state index >= 15 is 0 Å². The number of hydrogen-bond acceptors (Lipinski definition) is 2. The van der Waals surface area contributed by atoms with Gasteiger partial charge in [0.15, 0.2) is 0 Å². The molecule has 1 heterocycles. The fourth-order valence-electron chi connectivity index (χ4n) is 2.41. The van der Waals surface area contributed by atoms with Crippen molar-refractivity contribution in [1.82, 2.24) is 9.80 Å². The molecular formula is C14H20N2O. The number of hydrogen-bond donors (Lipinski definition) is 0. The molecule has 1 aromatic carbocycles. The lowest BCUT2D eigenvalue weighted by Crippen LogP contribution is -2.42. The molecule has 0 spiro atoms. The van der Waals surface area contributed by atoms with E-state index in [0.29, 0.717) is 6.54 Å². The van der Waals surface area contributed by atoms with Gasteiger partial charge in [-0.25, -0.2) is 0 Å². The third-order valence-corrected chi connectivity index (χ3v) is 3.44. The summed E-state index contributed by atoms with van der Waals surface area (Å²) in [7, 11) is 3.92. The van der Waals surface area contributed by atoms with Gasteiger partial charge in [0.2, 0.25) is 5.91 Å². The van der Waals surface area contributed by atoms with Crippen molar-refractivity contribution in [3.63, 3.8) is 0 Å². The van der Waals surface area contributed by atoms with Crippen LogP contribution in [-0.4, -0.2) is 42.4 Å². The van der Waals surface area contributed by atoms with Gasteiger partial charge in [0.1, 0.15) is 0 Å². The van der Waals surface area contributed by atoms with E-state index in [1.54, 1.807) is 0 Å². The second kappa shape index (κ2) is 5.32. The summed E-state index contributed by atoms with van der Waals surface area (Å²) in [5.74, 6) is 0.244. The first kappa shape index (κ1) is 12.1. The molecule has 0 aromatic heterocycles. The molecule has 0 saturated carbocycles. The molecule has 2 rings (SSSR count). The van der Waals surface area contributed by atoms with Gasteiger partial charge in [0, 0.05) is 13.6 Å². The summed E-state index contributed by atoms with van der Waals surface area (Å²) in [4.78, 5) is 16.2. The third-order valence-electron chi connectivity index (χ3n) is 3.44. The van der Waals surface area contributed by atoms with Gasteiger partial charge in [0.25, 0.3) is 0 Å². The van der Waals surface area contributed by atoms with Crippen LogP contribution in [0.4, 0.5) is 0 Å². The first-order valence-corrected chi connectivity index (χ1v) is 6.17. The smallest absolute Gasteiger partial charge is 0.239 e. The predicted molar refractivity (Wildman–Crippen MR) is 68.6 cm³/mol. The highest BCUT2D eigenvalue weighted by Crippen LogP contribution is 2.17. The normalized spacial score (nSPS) is 20.5. The van der Waals surface area contributed by atoms with Crippen molar-refractivity contribution in [1.29, 1.82) is 0 Å². The molecule has 0 aliphatic carbocycles.